The molecule has 2 unspecified atom stereocenters. The van der Waals surface area contributed by atoms with Gasteiger partial charge in [0.25, 0.3) is 0 Å². The molecule has 0 amide bonds. The van der Waals surface area contributed by atoms with Crippen molar-refractivity contribution in [2.75, 3.05) is 14.1 Å². The van der Waals surface area contributed by atoms with Crippen LogP contribution < -0.4 is 0 Å². The number of aromatic nitrogens is 1. The van der Waals surface area contributed by atoms with Gasteiger partial charge in [-0.15, -0.1) is 0 Å². The molecule has 0 saturated heterocycles. The molecule has 17 heavy (non-hydrogen) atoms. The van der Waals surface area contributed by atoms with Gasteiger partial charge >= 0.3 is 0 Å². The average molecular weight is 228 g/mol. The molecule has 0 radical (unpaired) electrons. The molecule has 0 bridgehead atoms. The van der Waals surface area contributed by atoms with Crippen LogP contribution >= 0.6 is 0 Å². The highest BCUT2D eigenvalue weighted by atomic mass is 15.2. The van der Waals surface area contributed by atoms with Gasteiger partial charge in [-0.3, -0.25) is 0 Å². The quantitative estimate of drug-likeness (QED) is 0.766. The summed E-state index contributed by atoms with van der Waals surface area (Å²) in [5, 5.41) is 1.38. The molecule has 0 aliphatic heterocycles. The summed E-state index contributed by atoms with van der Waals surface area (Å²) >= 11 is 0. The SMILES string of the molecule is Cc1cc(C)c2c(ccn2C2CC2N(C)C)c1. The molecule has 0 spiro atoms. The van der Waals surface area contributed by atoms with Gasteiger partial charge in [0.2, 0.25) is 0 Å². The lowest BCUT2D eigenvalue weighted by Crippen LogP contribution is -2.17. The van der Waals surface area contributed by atoms with Gasteiger partial charge < -0.3 is 9.47 Å². The molecular weight excluding hydrogens is 208 g/mol. The van der Waals surface area contributed by atoms with Gasteiger partial charge in [-0.25, -0.2) is 0 Å². The second-order valence-corrected chi connectivity index (χ2v) is 5.58. The van der Waals surface area contributed by atoms with Crippen LogP contribution in [-0.4, -0.2) is 29.6 Å². The highest BCUT2D eigenvalue weighted by molar-refractivity contribution is 5.84. The number of aryl methyl sites for hydroxylation is 2. The van der Waals surface area contributed by atoms with Crippen molar-refractivity contribution in [1.29, 1.82) is 0 Å². The van der Waals surface area contributed by atoms with E-state index in [0.29, 0.717) is 12.1 Å². The zero-order valence-electron chi connectivity index (χ0n) is 11.1. The molecule has 1 aromatic heterocycles. The van der Waals surface area contributed by atoms with E-state index in [2.05, 4.69) is 61.8 Å². The first-order valence-electron chi connectivity index (χ1n) is 6.32. The maximum absolute atomic E-state index is 2.47. The average Bonchev–Trinajstić information content (AvgIpc) is 2.93. The number of benzene rings is 1. The van der Waals surface area contributed by atoms with E-state index in [-0.39, 0.29) is 0 Å². The molecule has 2 heteroatoms. The summed E-state index contributed by atoms with van der Waals surface area (Å²) in [7, 11) is 4.35. The molecule has 1 fully saturated rings. The predicted molar refractivity (Wildman–Crippen MR) is 72.5 cm³/mol. The summed E-state index contributed by atoms with van der Waals surface area (Å²) in [6, 6.07) is 8.20. The number of rotatable bonds is 2. The Labute approximate surface area is 103 Å². The Bertz CT molecular complexity index is 566. The van der Waals surface area contributed by atoms with Crippen LogP contribution in [0.4, 0.5) is 0 Å². The van der Waals surface area contributed by atoms with Crippen LogP contribution in [0.5, 0.6) is 0 Å². The monoisotopic (exact) mass is 228 g/mol. The number of fused-ring (bicyclic) bond motifs is 1. The summed E-state index contributed by atoms with van der Waals surface area (Å²) in [6.07, 6.45) is 3.54. The number of hydrogen-bond acceptors (Lipinski definition) is 1. The Morgan fingerprint density at radius 3 is 2.65 bits per heavy atom. The summed E-state index contributed by atoms with van der Waals surface area (Å²) in [5.41, 5.74) is 4.17. The van der Waals surface area contributed by atoms with Crippen molar-refractivity contribution >= 4 is 10.9 Å². The molecule has 3 rings (SSSR count). The molecule has 1 saturated carbocycles. The van der Waals surface area contributed by atoms with Gasteiger partial charge in [0.15, 0.2) is 0 Å². The third-order valence-electron chi connectivity index (χ3n) is 3.89. The van der Waals surface area contributed by atoms with Gasteiger partial charge in [-0.05, 0) is 52.1 Å². The molecule has 2 nitrogen and oxygen atoms in total. The molecule has 1 heterocycles. The van der Waals surface area contributed by atoms with Crippen molar-refractivity contribution < 1.29 is 0 Å². The molecule has 2 aromatic rings. The van der Waals surface area contributed by atoms with Crippen LogP contribution in [0, 0.1) is 13.8 Å². The minimum Gasteiger partial charge on any atom is -0.343 e. The molecule has 0 N–H and O–H groups in total. The summed E-state index contributed by atoms with van der Waals surface area (Å²) in [4.78, 5) is 2.33. The maximum atomic E-state index is 2.47. The van der Waals surface area contributed by atoms with Crippen molar-refractivity contribution in [2.45, 2.75) is 32.4 Å². The van der Waals surface area contributed by atoms with E-state index in [1.807, 2.05) is 0 Å². The van der Waals surface area contributed by atoms with Gasteiger partial charge in [0.1, 0.15) is 0 Å². The predicted octanol–water partition coefficient (Wildman–Crippen LogP) is 3.13. The first-order chi connectivity index (χ1) is 8.08. The number of hydrogen-bond donors (Lipinski definition) is 0. The molecule has 1 aliphatic carbocycles. The van der Waals surface area contributed by atoms with Crippen molar-refractivity contribution in [3.63, 3.8) is 0 Å². The van der Waals surface area contributed by atoms with E-state index in [4.69, 9.17) is 0 Å². The fourth-order valence-electron chi connectivity index (χ4n) is 3.01. The van der Waals surface area contributed by atoms with Crippen molar-refractivity contribution in [2.24, 2.45) is 0 Å². The lowest BCUT2D eigenvalue weighted by molar-refractivity contribution is 0.377. The lowest BCUT2D eigenvalue weighted by Gasteiger charge is -2.12. The van der Waals surface area contributed by atoms with Gasteiger partial charge in [0, 0.05) is 17.6 Å². The Morgan fingerprint density at radius 2 is 2.00 bits per heavy atom. The summed E-state index contributed by atoms with van der Waals surface area (Å²) in [5.74, 6) is 0. The van der Waals surface area contributed by atoms with Crippen molar-refractivity contribution in [3.8, 4) is 0 Å². The second kappa shape index (κ2) is 3.61. The largest absolute Gasteiger partial charge is 0.343 e. The van der Waals surface area contributed by atoms with Crippen LogP contribution in [0.3, 0.4) is 0 Å². The van der Waals surface area contributed by atoms with E-state index in [0.717, 1.165) is 0 Å². The fourth-order valence-corrected chi connectivity index (χ4v) is 3.01. The highest BCUT2D eigenvalue weighted by Crippen LogP contribution is 2.42. The first-order valence-corrected chi connectivity index (χ1v) is 6.32. The Morgan fingerprint density at radius 1 is 1.24 bits per heavy atom. The van der Waals surface area contributed by atoms with Gasteiger partial charge in [0.05, 0.1) is 11.6 Å². The molecule has 1 aromatic carbocycles. The van der Waals surface area contributed by atoms with E-state index < -0.39 is 0 Å². The van der Waals surface area contributed by atoms with E-state index >= 15 is 0 Å². The standard InChI is InChI=1S/C15H20N2/c1-10-7-11(2)15-12(8-10)5-6-17(15)14-9-13(14)16(3)4/h5-8,13-14H,9H2,1-4H3. The van der Waals surface area contributed by atoms with E-state index in [9.17, 15) is 0 Å². The van der Waals surface area contributed by atoms with Crippen molar-refractivity contribution in [1.82, 2.24) is 9.47 Å². The van der Waals surface area contributed by atoms with Gasteiger partial charge in [-0.2, -0.15) is 0 Å². The van der Waals surface area contributed by atoms with Crippen LogP contribution in [0.2, 0.25) is 0 Å². The minimum absolute atomic E-state index is 0.670. The van der Waals surface area contributed by atoms with Gasteiger partial charge in [-0.1, -0.05) is 11.6 Å². The third-order valence-corrected chi connectivity index (χ3v) is 3.89. The van der Waals surface area contributed by atoms with Crippen molar-refractivity contribution in [3.05, 3.63) is 35.5 Å². The van der Waals surface area contributed by atoms with E-state index in [1.165, 1.54) is 28.5 Å². The smallest absolute Gasteiger partial charge is 0.0513 e. The zero-order chi connectivity index (χ0) is 12.2. The Kier molecular flexibility index (Phi) is 2.30. The maximum Gasteiger partial charge on any atom is 0.0513 e. The summed E-state index contributed by atoms with van der Waals surface area (Å²) in [6.45, 7) is 4.39. The number of likely N-dealkylation sites (N-methyl/N-ethyl adjacent to an activating group) is 1. The molecule has 90 valence electrons. The second-order valence-electron chi connectivity index (χ2n) is 5.58. The Balaban J connectivity index is 2.07. The first kappa shape index (κ1) is 10.8. The Hall–Kier alpha value is -1.28. The number of nitrogens with zero attached hydrogens (tertiary/aromatic N) is 2. The van der Waals surface area contributed by atoms with E-state index in [1.54, 1.807) is 0 Å². The molecular formula is C15H20N2. The zero-order valence-corrected chi connectivity index (χ0v) is 11.1. The van der Waals surface area contributed by atoms with Crippen LogP contribution in [-0.2, 0) is 0 Å². The fraction of sp³-hybridized carbons (Fsp3) is 0.467. The van der Waals surface area contributed by atoms with Crippen LogP contribution in [0.1, 0.15) is 23.6 Å². The molecule has 1 aliphatic rings. The summed E-state index contributed by atoms with van der Waals surface area (Å²) < 4.78 is 2.47. The highest BCUT2D eigenvalue weighted by Gasteiger charge is 2.40. The topological polar surface area (TPSA) is 8.17 Å². The van der Waals surface area contributed by atoms with Crippen LogP contribution in [0.15, 0.2) is 24.4 Å². The van der Waals surface area contributed by atoms with Crippen LogP contribution in [0.25, 0.3) is 10.9 Å². The third kappa shape index (κ3) is 1.67. The molecule has 2 atom stereocenters. The normalized spacial score (nSPS) is 23.6. The minimum atomic E-state index is 0.670. The lowest BCUT2D eigenvalue weighted by atomic mass is 10.1.